The first-order valence-electron chi connectivity index (χ1n) is 10.8. The maximum Gasteiger partial charge on any atom is 0.243 e. The van der Waals surface area contributed by atoms with Crippen molar-refractivity contribution < 1.29 is 9.59 Å². The Hall–Kier alpha value is -1.98. The summed E-state index contributed by atoms with van der Waals surface area (Å²) in [7, 11) is 0. The third kappa shape index (κ3) is 8.23. The van der Waals surface area contributed by atoms with Crippen LogP contribution in [0, 0.1) is 6.92 Å². The number of amides is 2. The van der Waals surface area contributed by atoms with E-state index in [9.17, 15) is 9.59 Å². The number of nitrogens with zero attached hydrogens (tertiary/aromatic N) is 1. The third-order valence-corrected chi connectivity index (χ3v) is 6.47. The molecule has 0 saturated carbocycles. The summed E-state index contributed by atoms with van der Waals surface area (Å²) in [5, 5.41) is 3.69. The van der Waals surface area contributed by atoms with Crippen LogP contribution in [0.4, 0.5) is 0 Å². The van der Waals surface area contributed by atoms with Gasteiger partial charge in [0.1, 0.15) is 6.04 Å². The lowest BCUT2D eigenvalue weighted by molar-refractivity contribution is -0.139. The SMILES string of the molecule is CC[C@@H](C)NC(=O)[C@@H](CC)N(Cc1ccc(Cl)cc1)C(=O)CSCc1cccc(C)c1. The van der Waals surface area contributed by atoms with Crippen molar-refractivity contribution in [3.63, 3.8) is 0 Å². The zero-order valence-electron chi connectivity index (χ0n) is 18.9. The molecule has 31 heavy (non-hydrogen) atoms. The Morgan fingerprint density at radius 1 is 1.06 bits per heavy atom. The summed E-state index contributed by atoms with van der Waals surface area (Å²) in [6.07, 6.45) is 1.41. The van der Waals surface area contributed by atoms with Crippen molar-refractivity contribution in [3.05, 3.63) is 70.2 Å². The molecule has 0 aromatic heterocycles. The standard InChI is InChI=1S/C25H33ClN2O2S/c1-5-19(4)27-25(30)23(6-2)28(15-20-10-12-22(26)13-11-20)24(29)17-31-16-21-9-7-8-18(3)14-21/h7-14,19,23H,5-6,15-17H2,1-4H3,(H,27,30)/t19-,23-/m1/s1. The van der Waals surface area contributed by atoms with E-state index in [1.54, 1.807) is 16.7 Å². The highest BCUT2D eigenvalue weighted by Gasteiger charge is 2.29. The van der Waals surface area contributed by atoms with Gasteiger partial charge < -0.3 is 10.2 Å². The molecule has 2 amide bonds. The van der Waals surface area contributed by atoms with E-state index in [0.29, 0.717) is 23.7 Å². The van der Waals surface area contributed by atoms with Gasteiger partial charge in [0.05, 0.1) is 5.75 Å². The number of nitrogens with one attached hydrogen (secondary N) is 1. The number of aryl methyl sites for hydroxylation is 1. The minimum absolute atomic E-state index is 0.0289. The molecular weight excluding hydrogens is 428 g/mol. The lowest BCUT2D eigenvalue weighted by Crippen LogP contribution is -2.51. The summed E-state index contributed by atoms with van der Waals surface area (Å²) in [6, 6.07) is 15.3. The Labute approximate surface area is 195 Å². The summed E-state index contributed by atoms with van der Waals surface area (Å²) < 4.78 is 0. The Morgan fingerprint density at radius 2 is 1.77 bits per heavy atom. The highest BCUT2D eigenvalue weighted by molar-refractivity contribution is 7.99. The van der Waals surface area contributed by atoms with Crippen molar-refractivity contribution in [2.24, 2.45) is 0 Å². The molecule has 168 valence electrons. The molecule has 2 aromatic rings. The first kappa shape index (κ1) is 25.3. The van der Waals surface area contributed by atoms with E-state index in [0.717, 1.165) is 17.7 Å². The van der Waals surface area contributed by atoms with Gasteiger partial charge in [0, 0.05) is 23.4 Å². The van der Waals surface area contributed by atoms with Crippen LogP contribution in [0.1, 0.15) is 50.3 Å². The molecule has 0 bridgehead atoms. The smallest absolute Gasteiger partial charge is 0.243 e. The van der Waals surface area contributed by atoms with Crippen molar-refractivity contribution in [2.75, 3.05) is 5.75 Å². The summed E-state index contributed by atoms with van der Waals surface area (Å²) >= 11 is 7.59. The molecular formula is C25H33ClN2O2S. The van der Waals surface area contributed by atoms with Crippen molar-refractivity contribution in [1.29, 1.82) is 0 Å². The van der Waals surface area contributed by atoms with Gasteiger partial charge in [-0.3, -0.25) is 9.59 Å². The van der Waals surface area contributed by atoms with Crippen molar-refractivity contribution in [1.82, 2.24) is 10.2 Å². The Bertz CT molecular complexity index is 857. The van der Waals surface area contributed by atoms with Crippen molar-refractivity contribution >= 4 is 35.2 Å². The first-order valence-corrected chi connectivity index (χ1v) is 12.3. The maximum absolute atomic E-state index is 13.2. The van der Waals surface area contributed by atoms with E-state index in [4.69, 9.17) is 11.6 Å². The summed E-state index contributed by atoms with van der Waals surface area (Å²) in [4.78, 5) is 27.9. The van der Waals surface area contributed by atoms with E-state index < -0.39 is 6.04 Å². The van der Waals surface area contributed by atoms with E-state index in [-0.39, 0.29) is 17.9 Å². The molecule has 1 N–H and O–H groups in total. The van der Waals surface area contributed by atoms with Crippen LogP contribution in [0.5, 0.6) is 0 Å². The van der Waals surface area contributed by atoms with Gasteiger partial charge in [0.25, 0.3) is 0 Å². The fourth-order valence-electron chi connectivity index (χ4n) is 3.29. The van der Waals surface area contributed by atoms with Crippen LogP contribution in [0.25, 0.3) is 0 Å². The summed E-state index contributed by atoms with van der Waals surface area (Å²) in [6.45, 7) is 8.41. The van der Waals surface area contributed by atoms with Gasteiger partial charge in [-0.2, -0.15) is 0 Å². The second-order valence-electron chi connectivity index (χ2n) is 7.87. The number of thioether (sulfide) groups is 1. The molecule has 0 fully saturated rings. The zero-order chi connectivity index (χ0) is 22.8. The molecule has 0 heterocycles. The average molecular weight is 461 g/mol. The molecule has 4 nitrogen and oxygen atoms in total. The van der Waals surface area contributed by atoms with Gasteiger partial charge in [0.15, 0.2) is 0 Å². The van der Waals surface area contributed by atoms with Crippen LogP contribution in [0.2, 0.25) is 5.02 Å². The van der Waals surface area contributed by atoms with E-state index >= 15 is 0 Å². The van der Waals surface area contributed by atoms with Gasteiger partial charge >= 0.3 is 0 Å². The highest BCUT2D eigenvalue weighted by atomic mass is 35.5. The molecule has 2 aromatic carbocycles. The van der Waals surface area contributed by atoms with Crippen LogP contribution in [0.3, 0.4) is 0 Å². The number of benzene rings is 2. The normalized spacial score (nSPS) is 12.8. The number of carbonyl (C=O) groups is 2. The average Bonchev–Trinajstić information content (AvgIpc) is 2.74. The number of halogens is 1. The minimum Gasteiger partial charge on any atom is -0.352 e. The number of rotatable bonds is 11. The van der Waals surface area contributed by atoms with E-state index in [2.05, 4.69) is 30.4 Å². The lowest BCUT2D eigenvalue weighted by atomic mass is 10.1. The summed E-state index contributed by atoms with van der Waals surface area (Å²) in [5.74, 6) is 0.966. The third-order valence-electron chi connectivity index (χ3n) is 5.23. The molecule has 6 heteroatoms. The largest absolute Gasteiger partial charge is 0.352 e. The van der Waals surface area contributed by atoms with Gasteiger partial charge in [-0.1, -0.05) is 67.4 Å². The molecule has 0 aliphatic heterocycles. The van der Waals surface area contributed by atoms with Crippen LogP contribution in [0.15, 0.2) is 48.5 Å². The quantitative estimate of drug-likeness (QED) is 0.474. The van der Waals surface area contributed by atoms with Gasteiger partial charge in [-0.15, -0.1) is 11.8 Å². The second-order valence-corrected chi connectivity index (χ2v) is 9.29. The Kier molecular flexibility index (Phi) is 10.4. The van der Waals surface area contributed by atoms with E-state index in [1.165, 1.54) is 11.1 Å². The molecule has 2 atom stereocenters. The lowest BCUT2D eigenvalue weighted by Gasteiger charge is -2.31. The van der Waals surface area contributed by atoms with Crippen LogP contribution in [-0.4, -0.2) is 34.6 Å². The van der Waals surface area contributed by atoms with E-state index in [1.807, 2.05) is 51.1 Å². The fraction of sp³-hybridized carbons (Fsp3) is 0.440. The minimum atomic E-state index is -0.503. The van der Waals surface area contributed by atoms with Crippen LogP contribution < -0.4 is 5.32 Å². The summed E-state index contributed by atoms with van der Waals surface area (Å²) in [5.41, 5.74) is 3.36. The van der Waals surface area contributed by atoms with Gasteiger partial charge in [0.2, 0.25) is 11.8 Å². The van der Waals surface area contributed by atoms with Gasteiger partial charge in [-0.25, -0.2) is 0 Å². The molecule has 2 rings (SSSR count). The number of hydrogen-bond donors (Lipinski definition) is 1. The molecule has 0 unspecified atom stereocenters. The molecule has 0 spiro atoms. The molecule has 0 aliphatic carbocycles. The van der Waals surface area contributed by atoms with Crippen molar-refractivity contribution in [2.45, 2.75) is 64.9 Å². The molecule has 0 aliphatic rings. The Balaban J connectivity index is 2.13. The van der Waals surface area contributed by atoms with Crippen molar-refractivity contribution in [3.8, 4) is 0 Å². The fourth-order valence-corrected chi connectivity index (χ4v) is 4.27. The maximum atomic E-state index is 13.2. The number of hydrogen-bond acceptors (Lipinski definition) is 3. The first-order chi connectivity index (χ1) is 14.8. The predicted molar refractivity (Wildman–Crippen MR) is 131 cm³/mol. The number of carbonyl (C=O) groups excluding carboxylic acids is 2. The zero-order valence-corrected chi connectivity index (χ0v) is 20.4. The topological polar surface area (TPSA) is 49.4 Å². The monoisotopic (exact) mass is 460 g/mol. The molecule has 0 radical (unpaired) electrons. The second kappa shape index (κ2) is 12.8. The molecule has 0 saturated heterocycles. The highest BCUT2D eigenvalue weighted by Crippen LogP contribution is 2.19. The Morgan fingerprint density at radius 3 is 2.39 bits per heavy atom. The van der Waals surface area contributed by atoms with Gasteiger partial charge in [-0.05, 0) is 49.9 Å². The predicted octanol–water partition coefficient (Wildman–Crippen LogP) is 5.60. The van der Waals surface area contributed by atoms with Crippen LogP contribution >= 0.6 is 23.4 Å². The van der Waals surface area contributed by atoms with Crippen LogP contribution in [-0.2, 0) is 21.9 Å².